The fourth-order valence-corrected chi connectivity index (χ4v) is 2.90. The maximum atomic E-state index is 11.2. The molecule has 1 saturated heterocycles. The van der Waals surface area contributed by atoms with Crippen LogP contribution in [-0.4, -0.2) is 23.8 Å². The van der Waals surface area contributed by atoms with Crippen LogP contribution < -0.4 is 4.90 Å². The third-order valence-corrected chi connectivity index (χ3v) is 3.92. The van der Waals surface area contributed by atoms with Crippen LogP contribution in [0.5, 0.6) is 0 Å². The number of nitro groups is 1. The molecule has 0 radical (unpaired) electrons. The largest absolute Gasteiger partial charge is 0.358 e. The van der Waals surface area contributed by atoms with Gasteiger partial charge in [-0.05, 0) is 19.8 Å². The normalized spacial score (nSPS) is 15.4. The number of hydrogen-bond acceptors (Lipinski definition) is 5. The van der Waals surface area contributed by atoms with Crippen LogP contribution in [0.15, 0.2) is 6.07 Å². The van der Waals surface area contributed by atoms with E-state index in [4.69, 9.17) is 0 Å². The average Bonchev–Trinajstić information content (AvgIpc) is 2.86. The summed E-state index contributed by atoms with van der Waals surface area (Å²) >= 11 is 1.23. The first-order valence-electron chi connectivity index (χ1n) is 5.13. The first-order chi connectivity index (χ1) is 7.59. The quantitative estimate of drug-likeness (QED) is 0.462. The van der Waals surface area contributed by atoms with Gasteiger partial charge in [0, 0.05) is 19.2 Å². The number of rotatable bonds is 3. The second kappa shape index (κ2) is 4.21. The van der Waals surface area contributed by atoms with E-state index < -0.39 is 4.92 Å². The smallest absolute Gasteiger partial charge is 0.304 e. The Labute approximate surface area is 96.8 Å². The molecular weight excluding hydrogens is 228 g/mol. The number of anilines is 1. The summed E-state index contributed by atoms with van der Waals surface area (Å²) in [5.74, 6) is -0.112. The molecule has 1 aromatic heterocycles. The molecule has 1 aromatic rings. The number of hydrogen-bond donors (Lipinski definition) is 0. The molecule has 2 rings (SSSR count). The van der Waals surface area contributed by atoms with Crippen molar-refractivity contribution in [1.82, 2.24) is 0 Å². The van der Waals surface area contributed by atoms with Crippen LogP contribution in [0.4, 0.5) is 10.7 Å². The highest BCUT2D eigenvalue weighted by molar-refractivity contribution is 7.18. The highest BCUT2D eigenvalue weighted by atomic mass is 32.1. The fraction of sp³-hybridized carbons (Fsp3) is 0.500. The van der Waals surface area contributed by atoms with Crippen LogP contribution in [0.1, 0.15) is 29.4 Å². The molecule has 16 heavy (non-hydrogen) atoms. The van der Waals surface area contributed by atoms with Crippen molar-refractivity contribution >= 4 is 27.8 Å². The van der Waals surface area contributed by atoms with E-state index in [2.05, 4.69) is 0 Å². The predicted molar refractivity (Wildman–Crippen MR) is 62.4 cm³/mol. The van der Waals surface area contributed by atoms with Crippen LogP contribution in [0.2, 0.25) is 0 Å². The Bertz CT molecular complexity index is 435. The number of ketones is 1. The molecule has 0 N–H and O–H groups in total. The first kappa shape index (κ1) is 11.1. The minimum absolute atomic E-state index is 0.0668. The van der Waals surface area contributed by atoms with Crippen molar-refractivity contribution in [3.8, 4) is 0 Å². The Morgan fingerprint density at radius 3 is 2.62 bits per heavy atom. The van der Waals surface area contributed by atoms with Gasteiger partial charge in [0.05, 0.1) is 9.80 Å². The minimum Gasteiger partial charge on any atom is -0.358 e. The van der Waals surface area contributed by atoms with Gasteiger partial charge < -0.3 is 4.90 Å². The van der Waals surface area contributed by atoms with Crippen molar-refractivity contribution in [2.45, 2.75) is 19.8 Å². The lowest BCUT2D eigenvalue weighted by molar-refractivity contribution is -0.383. The number of thiophene rings is 1. The van der Waals surface area contributed by atoms with E-state index in [0.29, 0.717) is 9.88 Å². The molecular formula is C10H12N2O3S. The Balaban J connectivity index is 2.40. The van der Waals surface area contributed by atoms with Gasteiger partial charge in [0.2, 0.25) is 0 Å². The summed E-state index contributed by atoms with van der Waals surface area (Å²) in [7, 11) is 0. The van der Waals surface area contributed by atoms with Gasteiger partial charge in [0.1, 0.15) is 0 Å². The molecule has 0 spiro atoms. The molecule has 6 heteroatoms. The SMILES string of the molecule is CC(=O)c1cc([N+](=O)[O-])c(N2CCCC2)s1. The van der Waals surface area contributed by atoms with Gasteiger partial charge in [-0.1, -0.05) is 0 Å². The summed E-state index contributed by atoms with van der Waals surface area (Å²) in [6.07, 6.45) is 2.12. The topological polar surface area (TPSA) is 63.4 Å². The van der Waals surface area contributed by atoms with Crippen molar-refractivity contribution in [2.24, 2.45) is 0 Å². The summed E-state index contributed by atoms with van der Waals surface area (Å²) < 4.78 is 0. The highest BCUT2D eigenvalue weighted by Gasteiger charge is 2.26. The summed E-state index contributed by atoms with van der Waals surface area (Å²) in [6, 6.07) is 1.39. The monoisotopic (exact) mass is 240 g/mol. The maximum Gasteiger partial charge on any atom is 0.304 e. The molecule has 0 atom stereocenters. The Morgan fingerprint density at radius 1 is 1.50 bits per heavy atom. The molecule has 5 nitrogen and oxygen atoms in total. The molecule has 0 aromatic carbocycles. The molecule has 2 heterocycles. The summed E-state index contributed by atoms with van der Waals surface area (Å²) in [5.41, 5.74) is 0.0668. The third kappa shape index (κ3) is 1.92. The van der Waals surface area contributed by atoms with Crippen LogP contribution >= 0.6 is 11.3 Å². The zero-order chi connectivity index (χ0) is 11.7. The number of carbonyl (C=O) groups is 1. The third-order valence-electron chi connectivity index (χ3n) is 2.63. The fourth-order valence-electron chi connectivity index (χ4n) is 1.82. The van der Waals surface area contributed by atoms with Gasteiger partial charge >= 0.3 is 5.69 Å². The van der Waals surface area contributed by atoms with E-state index in [9.17, 15) is 14.9 Å². The van der Waals surface area contributed by atoms with Crippen molar-refractivity contribution < 1.29 is 9.72 Å². The Morgan fingerprint density at radius 2 is 2.12 bits per heavy atom. The Hall–Kier alpha value is -1.43. The van der Waals surface area contributed by atoms with Crippen LogP contribution in [0, 0.1) is 10.1 Å². The molecule has 86 valence electrons. The van der Waals surface area contributed by atoms with E-state index in [1.165, 1.54) is 24.3 Å². The molecule has 1 fully saturated rings. The van der Waals surface area contributed by atoms with Gasteiger partial charge in [-0.3, -0.25) is 14.9 Å². The number of Topliss-reactive ketones (excluding diaryl/α,β-unsaturated/α-hetero) is 1. The second-order valence-electron chi connectivity index (χ2n) is 3.81. The molecule has 0 unspecified atom stereocenters. The summed E-state index contributed by atoms with van der Waals surface area (Å²) in [4.78, 5) is 24.2. The lowest BCUT2D eigenvalue weighted by Crippen LogP contribution is -2.17. The van der Waals surface area contributed by atoms with Gasteiger partial charge in [-0.2, -0.15) is 0 Å². The van der Waals surface area contributed by atoms with E-state index in [1.807, 2.05) is 4.90 Å². The average molecular weight is 240 g/mol. The van der Waals surface area contributed by atoms with Gasteiger partial charge in [0.25, 0.3) is 0 Å². The summed E-state index contributed by atoms with van der Waals surface area (Å²) in [5, 5.41) is 11.5. The Kier molecular flexibility index (Phi) is 2.91. The van der Waals surface area contributed by atoms with Crippen molar-refractivity contribution in [1.29, 1.82) is 0 Å². The molecule has 0 bridgehead atoms. The van der Waals surface area contributed by atoms with E-state index in [0.717, 1.165) is 25.9 Å². The lowest BCUT2D eigenvalue weighted by Gasteiger charge is -2.13. The van der Waals surface area contributed by atoms with Gasteiger partial charge in [0.15, 0.2) is 10.8 Å². The predicted octanol–water partition coefficient (Wildman–Crippen LogP) is 2.46. The maximum absolute atomic E-state index is 11.2. The summed E-state index contributed by atoms with van der Waals surface area (Å²) in [6.45, 7) is 3.13. The number of nitrogens with zero attached hydrogens (tertiary/aromatic N) is 2. The van der Waals surface area contributed by atoms with Crippen LogP contribution in [-0.2, 0) is 0 Å². The number of carbonyl (C=O) groups excluding carboxylic acids is 1. The van der Waals surface area contributed by atoms with Crippen LogP contribution in [0.3, 0.4) is 0 Å². The molecule has 0 aliphatic carbocycles. The zero-order valence-electron chi connectivity index (χ0n) is 8.93. The molecule has 0 saturated carbocycles. The van der Waals surface area contributed by atoms with Crippen molar-refractivity contribution in [2.75, 3.05) is 18.0 Å². The minimum atomic E-state index is -0.406. The standard InChI is InChI=1S/C10H12N2O3S/c1-7(13)9-6-8(12(14)15)10(16-9)11-4-2-3-5-11/h6H,2-5H2,1H3. The lowest BCUT2D eigenvalue weighted by atomic mass is 10.3. The van der Waals surface area contributed by atoms with Crippen molar-refractivity contribution in [3.63, 3.8) is 0 Å². The van der Waals surface area contributed by atoms with E-state index in [1.54, 1.807) is 0 Å². The van der Waals surface area contributed by atoms with E-state index >= 15 is 0 Å². The first-order valence-corrected chi connectivity index (χ1v) is 5.95. The zero-order valence-corrected chi connectivity index (χ0v) is 9.75. The second-order valence-corrected chi connectivity index (χ2v) is 4.84. The van der Waals surface area contributed by atoms with Gasteiger partial charge in [-0.15, -0.1) is 11.3 Å². The van der Waals surface area contributed by atoms with Crippen molar-refractivity contribution in [3.05, 3.63) is 21.1 Å². The molecule has 0 amide bonds. The molecule has 1 aliphatic rings. The van der Waals surface area contributed by atoms with E-state index in [-0.39, 0.29) is 11.5 Å². The highest BCUT2D eigenvalue weighted by Crippen LogP contribution is 2.39. The van der Waals surface area contributed by atoms with Gasteiger partial charge in [-0.25, -0.2) is 0 Å². The van der Waals surface area contributed by atoms with Crippen LogP contribution in [0.25, 0.3) is 0 Å². The molecule has 1 aliphatic heterocycles.